The Morgan fingerprint density at radius 3 is 2.24 bits per heavy atom. The van der Waals surface area contributed by atoms with Crippen LogP contribution in [0.15, 0.2) is 48.5 Å². The topological polar surface area (TPSA) is 125 Å². The molecule has 1 fully saturated rings. The summed E-state index contributed by atoms with van der Waals surface area (Å²) in [6, 6.07) is 16.0. The van der Waals surface area contributed by atoms with Crippen LogP contribution in [0.4, 0.5) is 4.79 Å². The number of aliphatic carboxylic acids is 1. The van der Waals surface area contributed by atoms with Crippen molar-refractivity contribution in [1.82, 2.24) is 10.6 Å². The van der Waals surface area contributed by atoms with Gasteiger partial charge in [0.05, 0.1) is 6.61 Å². The summed E-state index contributed by atoms with van der Waals surface area (Å²) in [7, 11) is 0. The lowest BCUT2D eigenvalue weighted by atomic mass is 9.84. The predicted octanol–water partition coefficient (Wildman–Crippen LogP) is 3.04. The van der Waals surface area contributed by atoms with E-state index in [9.17, 15) is 24.6 Å². The predicted molar refractivity (Wildman–Crippen MR) is 125 cm³/mol. The van der Waals surface area contributed by atoms with Crippen molar-refractivity contribution in [2.24, 2.45) is 5.92 Å². The Labute approximate surface area is 198 Å². The second kappa shape index (κ2) is 9.85. The molecule has 8 nitrogen and oxygen atoms in total. The molecule has 0 bridgehead atoms. The van der Waals surface area contributed by atoms with E-state index >= 15 is 0 Å². The molecule has 2 aromatic rings. The van der Waals surface area contributed by atoms with Crippen LogP contribution in [0.1, 0.15) is 49.7 Å². The molecule has 0 spiro atoms. The molecule has 8 heteroatoms. The fourth-order valence-corrected chi connectivity index (χ4v) is 4.90. The van der Waals surface area contributed by atoms with Crippen molar-refractivity contribution in [3.8, 4) is 11.1 Å². The zero-order valence-electron chi connectivity index (χ0n) is 19.1. The van der Waals surface area contributed by atoms with Crippen molar-refractivity contribution in [1.29, 1.82) is 0 Å². The van der Waals surface area contributed by atoms with Gasteiger partial charge < -0.3 is 25.6 Å². The van der Waals surface area contributed by atoms with Gasteiger partial charge in [0.2, 0.25) is 5.91 Å². The van der Waals surface area contributed by atoms with E-state index in [0.717, 1.165) is 28.7 Å². The van der Waals surface area contributed by atoms with Gasteiger partial charge in [0.1, 0.15) is 6.61 Å². The smallest absolute Gasteiger partial charge is 0.407 e. The Morgan fingerprint density at radius 1 is 1.03 bits per heavy atom. The largest absolute Gasteiger partial charge is 0.479 e. The molecule has 180 valence electrons. The number of carboxylic acids is 1. The van der Waals surface area contributed by atoms with Crippen LogP contribution in [0.25, 0.3) is 11.1 Å². The van der Waals surface area contributed by atoms with Gasteiger partial charge in [-0.05, 0) is 48.4 Å². The number of carbonyl (C=O) groups excluding carboxylic acids is 2. The van der Waals surface area contributed by atoms with Gasteiger partial charge in [-0.25, -0.2) is 9.59 Å². The van der Waals surface area contributed by atoms with E-state index in [0.29, 0.717) is 19.3 Å². The quantitative estimate of drug-likeness (QED) is 0.497. The highest BCUT2D eigenvalue weighted by atomic mass is 16.5. The lowest BCUT2D eigenvalue weighted by Gasteiger charge is -2.31. The molecule has 2 amide bonds. The van der Waals surface area contributed by atoms with Crippen molar-refractivity contribution < 1.29 is 29.3 Å². The molecule has 0 heterocycles. The molecular formula is C26H30N2O6. The number of hydrogen-bond donors (Lipinski definition) is 4. The molecule has 4 N–H and O–H groups in total. The first-order valence-electron chi connectivity index (χ1n) is 11.6. The van der Waals surface area contributed by atoms with Gasteiger partial charge in [-0.1, -0.05) is 55.0 Å². The van der Waals surface area contributed by atoms with Crippen molar-refractivity contribution in [3.63, 3.8) is 0 Å². The highest BCUT2D eigenvalue weighted by molar-refractivity contribution is 5.88. The third-order valence-corrected chi connectivity index (χ3v) is 6.90. The van der Waals surface area contributed by atoms with Crippen molar-refractivity contribution >= 4 is 18.0 Å². The van der Waals surface area contributed by atoms with Crippen LogP contribution in [-0.4, -0.2) is 53.0 Å². The van der Waals surface area contributed by atoms with Crippen LogP contribution in [0.3, 0.4) is 0 Å². The maximum atomic E-state index is 12.6. The van der Waals surface area contributed by atoms with Crippen LogP contribution in [0.2, 0.25) is 0 Å². The molecule has 0 aromatic heterocycles. The first-order chi connectivity index (χ1) is 16.3. The first kappa shape index (κ1) is 23.8. The van der Waals surface area contributed by atoms with Crippen molar-refractivity contribution in [2.45, 2.75) is 50.1 Å². The summed E-state index contributed by atoms with van der Waals surface area (Å²) in [6.45, 7) is 0.772. The SMILES string of the molecule is CC(CO)(NC(=O)[C@@H]1CCC[C@H](NC(=O)OCC2c3ccccc3-c3ccccc32)C1)C(=O)O. The number of aliphatic hydroxyl groups excluding tert-OH is 1. The van der Waals surface area contributed by atoms with Crippen molar-refractivity contribution in [3.05, 3.63) is 59.7 Å². The van der Waals surface area contributed by atoms with Gasteiger partial charge in [-0.3, -0.25) is 4.79 Å². The fourth-order valence-electron chi connectivity index (χ4n) is 4.90. The molecule has 1 unspecified atom stereocenters. The first-order valence-corrected chi connectivity index (χ1v) is 11.6. The van der Waals surface area contributed by atoms with E-state index in [4.69, 9.17) is 4.74 Å². The highest BCUT2D eigenvalue weighted by Crippen LogP contribution is 2.44. The minimum Gasteiger partial charge on any atom is -0.479 e. The number of fused-ring (bicyclic) bond motifs is 3. The molecule has 2 aliphatic carbocycles. The summed E-state index contributed by atoms with van der Waals surface area (Å²) in [4.78, 5) is 36.6. The molecule has 0 aliphatic heterocycles. The molecule has 34 heavy (non-hydrogen) atoms. The third-order valence-electron chi connectivity index (χ3n) is 6.90. The lowest BCUT2D eigenvalue weighted by molar-refractivity contribution is -0.149. The Kier molecular flexibility index (Phi) is 6.88. The number of carboxylic acid groups (broad SMARTS) is 1. The lowest BCUT2D eigenvalue weighted by Crippen LogP contribution is -2.57. The zero-order chi connectivity index (χ0) is 24.3. The Bertz CT molecular complexity index is 1040. The molecule has 4 rings (SSSR count). The Morgan fingerprint density at radius 2 is 1.65 bits per heavy atom. The zero-order valence-corrected chi connectivity index (χ0v) is 19.1. The average Bonchev–Trinajstić information content (AvgIpc) is 3.16. The van der Waals surface area contributed by atoms with Crippen LogP contribution < -0.4 is 10.6 Å². The van der Waals surface area contributed by atoms with Crippen molar-refractivity contribution in [2.75, 3.05) is 13.2 Å². The standard InChI is InChI=1S/C26H30N2O6/c1-26(15-29,24(31)32)28-23(30)16-7-6-8-17(13-16)27-25(33)34-14-22-20-11-4-2-9-18(20)19-10-3-5-12-21(19)22/h2-5,9-12,16-17,22,29H,6-8,13-15H2,1H3,(H,27,33)(H,28,30)(H,31,32)/t16-,17+,26?/m1/s1. The van der Waals surface area contributed by atoms with Crippen LogP contribution in [0.5, 0.6) is 0 Å². The number of aliphatic hydroxyl groups is 1. The second-order valence-corrected chi connectivity index (χ2v) is 9.31. The number of alkyl carbamates (subject to hydrolysis) is 1. The number of carbonyl (C=O) groups is 3. The van der Waals surface area contributed by atoms with Gasteiger partial charge in [0.15, 0.2) is 5.54 Å². The third kappa shape index (κ3) is 4.77. The van der Waals surface area contributed by atoms with Crippen LogP contribution in [0, 0.1) is 5.92 Å². The minimum atomic E-state index is -1.73. The van der Waals surface area contributed by atoms with Gasteiger partial charge in [0.25, 0.3) is 0 Å². The molecular weight excluding hydrogens is 436 g/mol. The number of amides is 2. The maximum Gasteiger partial charge on any atom is 0.407 e. The van der Waals surface area contributed by atoms with E-state index in [1.165, 1.54) is 6.92 Å². The number of ether oxygens (including phenoxy) is 1. The van der Waals surface area contributed by atoms with E-state index in [1.54, 1.807) is 0 Å². The summed E-state index contributed by atoms with van der Waals surface area (Å²) < 4.78 is 5.61. The fraction of sp³-hybridized carbons (Fsp3) is 0.423. The van der Waals surface area contributed by atoms with Gasteiger partial charge >= 0.3 is 12.1 Å². The number of hydrogen-bond acceptors (Lipinski definition) is 5. The summed E-state index contributed by atoms with van der Waals surface area (Å²) >= 11 is 0. The maximum absolute atomic E-state index is 12.6. The van der Waals surface area contributed by atoms with Crippen LogP contribution >= 0.6 is 0 Å². The molecule has 2 aromatic carbocycles. The molecule has 0 radical (unpaired) electrons. The van der Waals surface area contributed by atoms with E-state index in [2.05, 4.69) is 34.9 Å². The molecule has 2 aliphatic rings. The summed E-state index contributed by atoms with van der Waals surface area (Å²) in [5.74, 6) is -2.21. The normalized spacial score (nSPS) is 21.0. The van der Waals surface area contributed by atoms with E-state index in [1.807, 2.05) is 24.3 Å². The molecule has 1 saturated carbocycles. The number of nitrogens with one attached hydrogen (secondary N) is 2. The van der Waals surface area contributed by atoms with Gasteiger partial charge in [0, 0.05) is 17.9 Å². The summed E-state index contributed by atoms with van der Waals surface area (Å²) in [6.07, 6.45) is 1.88. The molecule has 3 atom stereocenters. The number of rotatable bonds is 7. The average molecular weight is 467 g/mol. The summed E-state index contributed by atoms with van der Waals surface area (Å²) in [5.41, 5.74) is 2.85. The summed E-state index contributed by atoms with van der Waals surface area (Å²) in [5, 5.41) is 24.0. The minimum absolute atomic E-state index is 0.0322. The van der Waals surface area contributed by atoms with E-state index in [-0.39, 0.29) is 18.6 Å². The van der Waals surface area contributed by atoms with Crippen LogP contribution in [-0.2, 0) is 14.3 Å². The highest BCUT2D eigenvalue weighted by Gasteiger charge is 2.38. The Hall–Kier alpha value is -3.39. The second-order valence-electron chi connectivity index (χ2n) is 9.31. The van der Waals surface area contributed by atoms with Gasteiger partial charge in [-0.2, -0.15) is 0 Å². The molecule has 0 saturated heterocycles. The monoisotopic (exact) mass is 466 g/mol. The van der Waals surface area contributed by atoms with E-state index < -0.39 is 36.0 Å². The Balaban J connectivity index is 1.33. The number of benzene rings is 2. The van der Waals surface area contributed by atoms with Gasteiger partial charge in [-0.15, -0.1) is 0 Å².